The molecule has 36 heavy (non-hydrogen) atoms. The third kappa shape index (κ3) is 7.17. The normalized spacial score (nSPS) is 11.7. The van der Waals surface area contributed by atoms with Gasteiger partial charge in [0.15, 0.2) is 18.1 Å². The molecule has 3 rings (SSSR count). The monoisotopic (exact) mass is 551 g/mol. The number of carbonyl (C=O) groups is 2. The van der Waals surface area contributed by atoms with Gasteiger partial charge in [0.25, 0.3) is 11.8 Å². The van der Waals surface area contributed by atoms with Gasteiger partial charge in [-0.3, -0.25) is 9.59 Å². The summed E-state index contributed by atoms with van der Waals surface area (Å²) in [6.45, 7) is 1.51. The maximum absolute atomic E-state index is 13.0. The molecule has 0 heterocycles. The number of ether oxygens (including phenoxy) is 2. The van der Waals surface area contributed by atoms with E-state index in [2.05, 4.69) is 26.6 Å². The van der Waals surface area contributed by atoms with Crippen molar-refractivity contribution < 1.29 is 23.5 Å². The first-order valence-corrected chi connectivity index (χ1v) is 11.6. The van der Waals surface area contributed by atoms with Crippen LogP contribution >= 0.6 is 15.9 Å². The number of halogens is 2. The zero-order valence-electron chi connectivity index (χ0n) is 19.5. The predicted octanol–water partition coefficient (Wildman–Crippen LogP) is 5.40. The van der Waals surface area contributed by atoms with Crippen molar-refractivity contribution in [3.05, 3.63) is 93.7 Å². The van der Waals surface area contributed by atoms with E-state index in [-0.39, 0.29) is 24.0 Å². The molecule has 2 amide bonds. The number of anilines is 1. The summed E-state index contributed by atoms with van der Waals surface area (Å²) in [7, 11) is 1.43. The SMILES string of the molecule is COc1cc(/C=C(/C#N)C(=O)N[C@@H](C)c2ccccc2)c(Br)cc1OCC(=O)Nc1ccc(F)cc1. The van der Waals surface area contributed by atoms with Crippen molar-refractivity contribution in [2.75, 3.05) is 19.0 Å². The molecule has 1 atom stereocenters. The lowest BCUT2D eigenvalue weighted by Gasteiger charge is -2.15. The minimum Gasteiger partial charge on any atom is -0.493 e. The quantitative estimate of drug-likeness (QED) is 0.274. The smallest absolute Gasteiger partial charge is 0.262 e. The summed E-state index contributed by atoms with van der Waals surface area (Å²) < 4.78 is 24.5. The van der Waals surface area contributed by atoms with Crippen molar-refractivity contribution in [1.82, 2.24) is 5.32 Å². The molecule has 0 aromatic heterocycles. The van der Waals surface area contributed by atoms with Gasteiger partial charge >= 0.3 is 0 Å². The summed E-state index contributed by atoms with van der Waals surface area (Å²) in [6.07, 6.45) is 1.44. The van der Waals surface area contributed by atoms with E-state index in [0.29, 0.717) is 21.5 Å². The molecule has 3 aromatic rings. The number of methoxy groups -OCH3 is 1. The Bertz CT molecular complexity index is 1310. The summed E-state index contributed by atoms with van der Waals surface area (Å²) >= 11 is 3.42. The summed E-state index contributed by atoms with van der Waals surface area (Å²) in [5, 5.41) is 15.0. The standard InChI is InChI=1S/C27H23BrFN3O4/c1-17(18-6-4-3-5-7-18)31-27(34)20(15-30)12-19-13-24(35-2)25(14-23(19)28)36-16-26(33)32-22-10-8-21(29)9-11-22/h3-14,17H,16H2,1-2H3,(H,31,34)(H,32,33)/b20-12-/t17-/m0/s1. The molecule has 3 aromatic carbocycles. The second-order valence-corrected chi connectivity index (χ2v) is 8.50. The van der Waals surface area contributed by atoms with Gasteiger partial charge in [0.1, 0.15) is 17.5 Å². The average Bonchev–Trinajstić information content (AvgIpc) is 2.88. The number of hydrogen-bond acceptors (Lipinski definition) is 5. The van der Waals surface area contributed by atoms with E-state index in [0.717, 1.165) is 5.56 Å². The number of benzene rings is 3. The second-order valence-electron chi connectivity index (χ2n) is 7.64. The highest BCUT2D eigenvalue weighted by atomic mass is 79.9. The van der Waals surface area contributed by atoms with Crippen LogP contribution in [-0.2, 0) is 9.59 Å². The minimum absolute atomic E-state index is 0.0899. The number of amides is 2. The van der Waals surface area contributed by atoms with Gasteiger partial charge in [-0.05, 0) is 60.5 Å². The molecular weight excluding hydrogens is 529 g/mol. The Labute approximate surface area is 216 Å². The Morgan fingerprint density at radius 3 is 2.44 bits per heavy atom. The van der Waals surface area contributed by atoms with Crippen molar-refractivity contribution in [3.63, 3.8) is 0 Å². The molecule has 2 N–H and O–H groups in total. The van der Waals surface area contributed by atoms with E-state index in [4.69, 9.17) is 9.47 Å². The Morgan fingerprint density at radius 1 is 1.11 bits per heavy atom. The Balaban J connectivity index is 1.71. The lowest BCUT2D eigenvalue weighted by molar-refractivity contribution is -0.118. The lowest BCUT2D eigenvalue weighted by Crippen LogP contribution is -2.27. The van der Waals surface area contributed by atoms with Crippen LogP contribution in [0.25, 0.3) is 6.08 Å². The molecule has 0 aliphatic carbocycles. The number of hydrogen-bond donors (Lipinski definition) is 2. The Morgan fingerprint density at radius 2 is 1.81 bits per heavy atom. The lowest BCUT2D eigenvalue weighted by atomic mass is 10.1. The number of rotatable bonds is 9. The zero-order chi connectivity index (χ0) is 26.1. The van der Waals surface area contributed by atoms with E-state index in [9.17, 15) is 19.2 Å². The molecule has 0 radical (unpaired) electrons. The van der Waals surface area contributed by atoms with Gasteiger partial charge in [0.05, 0.1) is 13.2 Å². The highest BCUT2D eigenvalue weighted by Crippen LogP contribution is 2.34. The van der Waals surface area contributed by atoms with Crippen LogP contribution in [0.4, 0.5) is 10.1 Å². The van der Waals surface area contributed by atoms with Gasteiger partial charge in [-0.15, -0.1) is 0 Å². The Hall–Kier alpha value is -4.16. The molecule has 7 nitrogen and oxygen atoms in total. The molecule has 0 saturated carbocycles. The Kier molecular flexibility index (Phi) is 9.19. The van der Waals surface area contributed by atoms with Gasteiger partial charge in [-0.25, -0.2) is 4.39 Å². The first-order chi connectivity index (χ1) is 17.3. The topological polar surface area (TPSA) is 100 Å². The van der Waals surface area contributed by atoms with Gasteiger partial charge in [-0.2, -0.15) is 5.26 Å². The van der Waals surface area contributed by atoms with E-state index >= 15 is 0 Å². The van der Waals surface area contributed by atoms with Gasteiger partial charge in [0.2, 0.25) is 0 Å². The van der Waals surface area contributed by atoms with Gasteiger partial charge in [0, 0.05) is 10.2 Å². The predicted molar refractivity (Wildman–Crippen MR) is 138 cm³/mol. The van der Waals surface area contributed by atoms with Crippen LogP contribution in [-0.4, -0.2) is 25.5 Å². The zero-order valence-corrected chi connectivity index (χ0v) is 21.1. The number of nitriles is 1. The molecular formula is C27H23BrFN3O4. The van der Waals surface area contributed by atoms with Crippen LogP contribution in [0.1, 0.15) is 24.1 Å². The third-order valence-corrected chi connectivity index (χ3v) is 5.77. The molecule has 0 bridgehead atoms. The fourth-order valence-electron chi connectivity index (χ4n) is 3.21. The highest BCUT2D eigenvalue weighted by molar-refractivity contribution is 9.10. The van der Waals surface area contributed by atoms with Crippen LogP contribution in [0.3, 0.4) is 0 Å². The maximum Gasteiger partial charge on any atom is 0.262 e. The van der Waals surface area contributed by atoms with Crippen molar-refractivity contribution in [2.45, 2.75) is 13.0 Å². The number of nitrogens with one attached hydrogen (secondary N) is 2. The fourth-order valence-corrected chi connectivity index (χ4v) is 3.65. The van der Waals surface area contributed by atoms with Crippen molar-refractivity contribution in [3.8, 4) is 17.6 Å². The molecule has 0 unspecified atom stereocenters. The second kappa shape index (κ2) is 12.5. The number of carbonyl (C=O) groups excluding carboxylic acids is 2. The fraction of sp³-hybridized carbons (Fsp3) is 0.148. The first-order valence-electron chi connectivity index (χ1n) is 10.8. The molecule has 0 fully saturated rings. The van der Waals surface area contributed by atoms with Crippen LogP contribution in [0.2, 0.25) is 0 Å². The maximum atomic E-state index is 13.0. The summed E-state index contributed by atoms with van der Waals surface area (Å²) in [5.74, 6) is -0.793. The average molecular weight is 552 g/mol. The van der Waals surface area contributed by atoms with Crippen LogP contribution in [0, 0.1) is 17.1 Å². The van der Waals surface area contributed by atoms with Crippen LogP contribution in [0.15, 0.2) is 76.8 Å². The summed E-state index contributed by atoms with van der Waals surface area (Å²) in [5.41, 5.74) is 1.76. The van der Waals surface area contributed by atoms with Crippen molar-refractivity contribution in [2.24, 2.45) is 0 Å². The van der Waals surface area contributed by atoms with E-state index in [1.165, 1.54) is 37.5 Å². The molecule has 0 spiro atoms. The van der Waals surface area contributed by atoms with E-state index in [1.807, 2.05) is 43.3 Å². The minimum atomic E-state index is -0.516. The summed E-state index contributed by atoms with van der Waals surface area (Å²) in [4.78, 5) is 24.9. The molecule has 9 heteroatoms. The third-order valence-electron chi connectivity index (χ3n) is 5.08. The molecule has 0 aliphatic rings. The first kappa shape index (κ1) is 26.4. The van der Waals surface area contributed by atoms with Gasteiger partial charge in [-0.1, -0.05) is 46.3 Å². The van der Waals surface area contributed by atoms with E-state index in [1.54, 1.807) is 12.1 Å². The largest absolute Gasteiger partial charge is 0.493 e. The van der Waals surface area contributed by atoms with Crippen molar-refractivity contribution >= 4 is 39.5 Å². The molecule has 0 saturated heterocycles. The van der Waals surface area contributed by atoms with Crippen LogP contribution in [0.5, 0.6) is 11.5 Å². The highest BCUT2D eigenvalue weighted by Gasteiger charge is 2.16. The van der Waals surface area contributed by atoms with E-state index < -0.39 is 17.6 Å². The molecule has 184 valence electrons. The van der Waals surface area contributed by atoms with Crippen molar-refractivity contribution in [1.29, 1.82) is 5.26 Å². The summed E-state index contributed by atoms with van der Waals surface area (Å²) in [6, 6.07) is 19.6. The van der Waals surface area contributed by atoms with Gasteiger partial charge < -0.3 is 20.1 Å². The van der Waals surface area contributed by atoms with Crippen LogP contribution < -0.4 is 20.1 Å². The number of nitrogens with zero attached hydrogens (tertiary/aromatic N) is 1. The molecule has 0 aliphatic heterocycles.